The van der Waals surface area contributed by atoms with E-state index in [-0.39, 0.29) is 22.8 Å². The van der Waals surface area contributed by atoms with Crippen molar-refractivity contribution in [2.24, 2.45) is 0 Å². The lowest BCUT2D eigenvalue weighted by Gasteiger charge is -2.22. The molecule has 33 heavy (non-hydrogen) atoms. The SMILES string of the molecule is Cc1ccc(CN(CC(=O)Nc2cc([N+](=O)[O-])ccc2C)S(=O)(=O)c2ccc(Cl)cc2)cc1. The number of rotatable bonds is 8. The Kier molecular flexibility index (Phi) is 7.47. The highest BCUT2D eigenvalue weighted by Gasteiger charge is 2.27. The normalized spacial score (nSPS) is 11.4. The van der Waals surface area contributed by atoms with E-state index in [1.54, 1.807) is 19.1 Å². The van der Waals surface area contributed by atoms with Crippen LogP contribution in [0.25, 0.3) is 0 Å². The summed E-state index contributed by atoms with van der Waals surface area (Å²) in [4.78, 5) is 23.3. The van der Waals surface area contributed by atoms with E-state index >= 15 is 0 Å². The van der Waals surface area contributed by atoms with Crippen molar-refractivity contribution in [1.82, 2.24) is 4.31 Å². The van der Waals surface area contributed by atoms with Crippen LogP contribution in [0.1, 0.15) is 16.7 Å². The quantitative estimate of drug-likeness (QED) is 0.366. The average molecular weight is 488 g/mol. The fraction of sp³-hybridized carbons (Fsp3) is 0.174. The van der Waals surface area contributed by atoms with E-state index in [1.807, 2.05) is 19.1 Å². The van der Waals surface area contributed by atoms with Gasteiger partial charge in [-0.05, 0) is 49.2 Å². The van der Waals surface area contributed by atoms with E-state index in [2.05, 4.69) is 5.32 Å². The molecular formula is C23H22ClN3O5S. The fourth-order valence-corrected chi connectivity index (χ4v) is 4.60. The summed E-state index contributed by atoms with van der Waals surface area (Å²) in [6.07, 6.45) is 0. The molecule has 0 atom stereocenters. The smallest absolute Gasteiger partial charge is 0.271 e. The number of halogens is 1. The van der Waals surface area contributed by atoms with Crippen LogP contribution in [0, 0.1) is 24.0 Å². The highest BCUT2D eigenvalue weighted by atomic mass is 35.5. The molecule has 0 aliphatic heterocycles. The van der Waals surface area contributed by atoms with Gasteiger partial charge in [-0.1, -0.05) is 47.5 Å². The predicted molar refractivity (Wildman–Crippen MR) is 127 cm³/mol. The van der Waals surface area contributed by atoms with Gasteiger partial charge in [0.2, 0.25) is 15.9 Å². The number of nitro groups is 1. The summed E-state index contributed by atoms with van der Waals surface area (Å²) in [6.45, 7) is 3.09. The molecule has 3 aromatic carbocycles. The molecule has 0 unspecified atom stereocenters. The molecule has 1 amide bonds. The van der Waals surface area contributed by atoms with Crippen molar-refractivity contribution in [1.29, 1.82) is 0 Å². The van der Waals surface area contributed by atoms with Gasteiger partial charge < -0.3 is 5.32 Å². The Morgan fingerprint density at radius 3 is 2.27 bits per heavy atom. The summed E-state index contributed by atoms with van der Waals surface area (Å²) in [5.74, 6) is -0.622. The molecule has 0 fully saturated rings. The summed E-state index contributed by atoms with van der Waals surface area (Å²) >= 11 is 5.89. The molecule has 172 valence electrons. The largest absolute Gasteiger partial charge is 0.324 e. The minimum absolute atomic E-state index is 0.00154. The first-order valence-corrected chi connectivity index (χ1v) is 11.7. The summed E-state index contributed by atoms with van der Waals surface area (Å²) < 4.78 is 27.7. The van der Waals surface area contributed by atoms with E-state index in [9.17, 15) is 23.3 Å². The van der Waals surface area contributed by atoms with Crippen LogP contribution in [0.15, 0.2) is 71.6 Å². The Labute approximate surface area is 197 Å². The van der Waals surface area contributed by atoms with Gasteiger partial charge in [0.1, 0.15) is 0 Å². The van der Waals surface area contributed by atoms with E-state index in [0.717, 1.165) is 9.87 Å². The first-order chi connectivity index (χ1) is 15.6. The molecule has 0 aromatic heterocycles. The number of benzene rings is 3. The molecule has 0 heterocycles. The summed E-state index contributed by atoms with van der Waals surface area (Å²) in [5, 5.41) is 14.0. The third-order valence-corrected chi connectivity index (χ3v) is 7.01. The zero-order valence-corrected chi connectivity index (χ0v) is 19.6. The maximum atomic E-state index is 13.3. The zero-order chi connectivity index (χ0) is 24.2. The van der Waals surface area contributed by atoms with Crippen LogP contribution >= 0.6 is 11.6 Å². The number of nitro benzene ring substituents is 1. The van der Waals surface area contributed by atoms with Crippen LogP contribution in [0.2, 0.25) is 5.02 Å². The topological polar surface area (TPSA) is 110 Å². The van der Waals surface area contributed by atoms with Gasteiger partial charge in [0.25, 0.3) is 5.69 Å². The van der Waals surface area contributed by atoms with Crippen LogP contribution in [-0.4, -0.2) is 30.1 Å². The van der Waals surface area contributed by atoms with Gasteiger partial charge in [-0.2, -0.15) is 4.31 Å². The number of anilines is 1. The second-order valence-corrected chi connectivity index (χ2v) is 9.89. The van der Waals surface area contributed by atoms with Gasteiger partial charge in [0.15, 0.2) is 0 Å². The van der Waals surface area contributed by atoms with Crippen molar-refractivity contribution in [3.8, 4) is 0 Å². The molecule has 0 radical (unpaired) electrons. The Bertz CT molecular complexity index is 1280. The number of non-ortho nitro benzene ring substituents is 1. The van der Waals surface area contributed by atoms with Crippen LogP contribution < -0.4 is 5.32 Å². The lowest BCUT2D eigenvalue weighted by molar-refractivity contribution is -0.384. The number of sulfonamides is 1. The first kappa shape index (κ1) is 24.4. The summed E-state index contributed by atoms with van der Waals surface area (Å²) in [6, 6.07) is 17.1. The lowest BCUT2D eigenvalue weighted by Crippen LogP contribution is -2.37. The Morgan fingerprint density at radius 1 is 1.03 bits per heavy atom. The molecule has 0 aliphatic carbocycles. The maximum absolute atomic E-state index is 13.3. The van der Waals surface area contributed by atoms with E-state index < -0.39 is 27.4 Å². The minimum atomic E-state index is -4.04. The third-order valence-electron chi connectivity index (χ3n) is 4.96. The Hall–Kier alpha value is -3.27. The monoisotopic (exact) mass is 487 g/mol. The molecule has 0 saturated carbocycles. The molecule has 3 aromatic rings. The predicted octanol–water partition coefficient (Wildman–Crippen LogP) is 4.69. The number of aryl methyl sites for hydroxylation is 2. The van der Waals surface area contributed by atoms with E-state index in [1.165, 1.54) is 42.5 Å². The number of nitrogens with one attached hydrogen (secondary N) is 1. The third kappa shape index (κ3) is 6.16. The van der Waals surface area contributed by atoms with Crippen molar-refractivity contribution >= 4 is 38.9 Å². The molecule has 3 rings (SSSR count). The number of amides is 1. The van der Waals surface area contributed by atoms with E-state index in [0.29, 0.717) is 16.1 Å². The van der Waals surface area contributed by atoms with Crippen molar-refractivity contribution in [3.05, 3.63) is 98.6 Å². The van der Waals surface area contributed by atoms with Crippen molar-refractivity contribution < 1.29 is 18.1 Å². The maximum Gasteiger partial charge on any atom is 0.271 e. The van der Waals surface area contributed by atoms with E-state index in [4.69, 9.17) is 11.6 Å². The zero-order valence-electron chi connectivity index (χ0n) is 18.0. The highest BCUT2D eigenvalue weighted by molar-refractivity contribution is 7.89. The standard InChI is InChI=1S/C23H22ClN3O5S/c1-16-3-6-18(7-4-16)14-26(33(31,32)21-11-8-19(24)9-12-21)15-23(28)25-22-13-20(27(29)30)10-5-17(22)2/h3-13H,14-15H2,1-2H3,(H,25,28). The number of hydrogen-bond donors (Lipinski definition) is 1. The average Bonchev–Trinajstić information content (AvgIpc) is 2.76. The number of carbonyl (C=O) groups is 1. The highest BCUT2D eigenvalue weighted by Crippen LogP contribution is 2.23. The van der Waals surface area contributed by atoms with Gasteiger partial charge in [-0.3, -0.25) is 14.9 Å². The van der Waals surface area contributed by atoms with Crippen LogP contribution in [0.4, 0.5) is 11.4 Å². The lowest BCUT2D eigenvalue weighted by atomic mass is 10.1. The Balaban J connectivity index is 1.90. The van der Waals surface area contributed by atoms with Crippen molar-refractivity contribution in [2.75, 3.05) is 11.9 Å². The fourth-order valence-electron chi connectivity index (χ4n) is 3.09. The summed E-state index contributed by atoms with van der Waals surface area (Å²) in [5.41, 5.74) is 2.40. The van der Waals surface area contributed by atoms with Gasteiger partial charge in [0, 0.05) is 23.7 Å². The van der Waals surface area contributed by atoms with Gasteiger partial charge in [-0.15, -0.1) is 0 Å². The summed E-state index contributed by atoms with van der Waals surface area (Å²) in [7, 11) is -4.04. The van der Waals surface area contributed by atoms with Crippen LogP contribution in [0.5, 0.6) is 0 Å². The molecular weight excluding hydrogens is 466 g/mol. The molecule has 0 spiro atoms. The van der Waals surface area contributed by atoms with Crippen LogP contribution in [-0.2, 0) is 21.4 Å². The second kappa shape index (κ2) is 10.1. The number of hydrogen-bond acceptors (Lipinski definition) is 5. The van der Waals surface area contributed by atoms with Gasteiger partial charge in [0.05, 0.1) is 22.1 Å². The molecule has 8 nitrogen and oxygen atoms in total. The molecule has 1 N–H and O–H groups in total. The first-order valence-electron chi connectivity index (χ1n) is 9.92. The molecule has 0 bridgehead atoms. The molecule has 0 aliphatic rings. The Morgan fingerprint density at radius 2 is 1.67 bits per heavy atom. The number of carbonyl (C=O) groups excluding carboxylic acids is 1. The molecule has 0 saturated heterocycles. The molecule has 10 heteroatoms. The van der Waals surface area contributed by atoms with Gasteiger partial charge in [-0.25, -0.2) is 8.42 Å². The number of nitrogens with zero attached hydrogens (tertiary/aromatic N) is 2. The van der Waals surface area contributed by atoms with Crippen molar-refractivity contribution in [2.45, 2.75) is 25.3 Å². The minimum Gasteiger partial charge on any atom is -0.324 e. The van der Waals surface area contributed by atoms with Gasteiger partial charge >= 0.3 is 0 Å². The second-order valence-electron chi connectivity index (χ2n) is 7.52. The van der Waals surface area contributed by atoms with Crippen molar-refractivity contribution in [3.63, 3.8) is 0 Å². The van der Waals surface area contributed by atoms with Crippen LogP contribution in [0.3, 0.4) is 0 Å².